The van der Waals surface area contributed by atoms with E-state index in [1.54, 1.807) is 6.07 Å². The van der Waals surface area contributed by atoms with Crippen molar-refractivity contribution in [1.82, 2.24) is 15.3 Å². The van der Waals surface area contributed by atoms with E-state index in [2.05, 4.69) is 15.3 Å². The molecular formula is C16H26N4O3S. The van der Waals surface area contributed by atoms with Gasteiger partial charge in [0.05, 0.1) is 11.5 Å². The Morgan fingerprint density at radius 3 is 2.67 bits per heavy atom. The first-order valence-electron chi connectivity index (χ1n) is 8.39. The van der Waals surface area contributed by atoms with Crippen LogP contribution in [0.1, 0.15) is 49.8 Å². The number of hydrogen-bond donors (Lipinski definition) is 1. The first-order chi connectivity index (χ1) is 11.3. The van der Waals surface area contributed by atoms with E-state index in [0.29, 0.717) is 30.3 Å². The molecule has 0 aliphatic carbocycles. The molecule has 1 aliphatic heterocycles. The van der Waals surface area contributed by atoms with Crippen LogP contribution in [0.15, 0.2) is 6.07 Å². The van der Waals surface area contributed by atoms with Crippen molar-refractivity contribution in [3.63, 3.8) is 0 Å². The van der Waals surface area contributed by atoms with Gasteiger partial charge in [0.15, 0.2) is 9.84 Å². The third kappa shape index (κ3) is 4.43. The number of sulfone groups is 1. The molecule has 1 fully saturated rings. The molecule has 7 nitrogen and oxygen atoms in total. The fourth-order valence-corrected chi connectivity index (χ4v) is 4.51. The van der Waals surface area contributed by atoms with E-state index >= 15 is 0 Å². The van der Waals surface area contributed by atoms with Crippen LogP contribution in [0, 0.1) is 6.92 Å². The summed E-state index contributed by atoms with van der Waals surface area (Å²) in [6, 6.07) is 1.59. The van der Waals surface area contributed by atoms with Crippen LogP contribution in [0.25, 0.3) is 0 Å². The Hall–Kier alpha value is -1.70. The summed E-state index contributed by atoms with van der Waals surface area (Å²) in [4.78, 5) is 23.0. The highest BCUT2D eigenvalue weighted by Crippen LogP contribution is 2.22. The molecule has 2 rings (SSSR count). The SMILES string of the molecule is CCC(C)NC(=O)c1cc(C)nc(N(CC)C2CCS(=O)(=O)C2)n1. The van der Waals surface area contributed by atoms with E-state index in [1.165, 1.54) is 0 Å². The van der Waals surface area contributed by atoms with E-state index in [0.717, 1.165) is 6.42 Å². The molecule has 0 aromatic carbocycles. The van der Waals surface area contributed by atoms with Gasteiger partial charge in [0.2, 0.25) is 5.95 Å². The van der Waals surface area contributed by atoms with Gasteiger partial charge in [0.1, 0.15) is 5.69 Å². The number of anilines is 1. The lowest BCUT2D eigenvalue weighted by Gasteiger charge is -2.27. The van der Waals surface area contributed by atoms with Crippen molar-refractivity contribution >= 4 is 21.7 Å². The first-order valence-corrected chi connectivity index (χ1v) is 10.2. The average Bonchev–Trinajstić information content (AvgIpc) is 2.87. The van der Waals surface area contributed by atoms with Crippen molar-refractivity contribution in [3.8, 4) is 0 Å². The number of amides is 1. The van der Waals surface area contributed by atoms with Crippen molar-refractivity contribution in [2.45, 2.75) is 52.6 Å². The lowest BCUT2D eigenvalue weighted by atomic mass is 10.2. The van der Waals surface area contributed by atoms with Crippen molar-refractivity contribution in [3.05, 3.63) is 17.5 Å². The molecule has 2 atom stereocenters. The van der Waals surface area contributed by atoms with Gasteiger partial charge in [-0.15, -0.1) is 0 Å². The Balaban J connectivity index is 2.27. The Morgan fingerprint density at radius 1 is 1.42 bits per heavy atom. The number of hydrogen-bond acceptors (Lipinski definition) is 6. The van der Waals surface area contributed by atoms with Crippen LogP contribution < -0.4 is 10.2 Å². The zero-order chi connectivity index (χ0) is 17.9. The van der Waals surface area contributed by atoms with Gasteiger partial charge in [0, 0.05) is 24.3 Å². The van der Waals surface area contributed by atoms with Crippen LogP contribution >= 0.6 is 0 Å². The van der Waals surface area contributed by atoms with Gasteiger partial charge < -0.3 is 10.2 Å². The number of carbonyl (C=O) groups excluding carboxylic acids is 1. The monoisotopic (exact) mass is 354 g/mol. The Bertz CT molecular complexity index is 705. The van der Waals surface area contributed by atoms with Gasteiger partial charge in [-0.05, 0) is 39.7 Å². The highest BCUT2D eigenvalue weighted by molar-refractivity contribution is 7.91. The Kier molecular flexibility index (Phi) is 5.79. The fraction of sp³-hybridized carbons (Fsp3) is 0.688. The minimum atomic E-state index is -2.99. The van der Waals surface area contributed by atoms with Crippen LogP contribution in [0.4, 0.5) is 5.95 Å². The van der Waals surface area contributed by atoms with Gasteiger partial charge >= 0.3 is 0 Å². The lowest BCUT2D eigenvalue weighted by molar-refractivity contribution is 0.0934. The summed E-state index contributed by atoms with van der Waals surface area (Å²) in [5, 5.41) is 2.90. The molecule has 0 bridgehead atoms. The molecule has 1 saturated heterocycles. The molecule has 0 saturated carbocycles. The largest absolute Gasteiger partial charge is 0.348 e. The minimum Gasteiger partial charge on any atom is -0.348 e. The van der Waals surface area contributed by atoms with Crippen LogP contribution in [0.2, 0.25) is 0 Å². The summed E-state index contributed by atoms with van der Waals surface area (Å²) in [5.41, 5.74) is 1.01. The van der Waals surface area contributed by atoms with Crippen molar-refractivity contribution in [2.75, 3.05) is 23.0 Å². The first kappa shape index (κ1) is 18.6. The van der Waals surface area contributed by atoms with Crippen LogP contribution in [0.3, 0.4) is 0 Å². The minimum absolute atomic E-state index is 0.0680. The smallest absolute Gasteiger partial charge is 0.270 e. The molecule has 8 heteroatoms. The number of aryl methyl sites for hydroxylation is 1. The number of nitrogens with zero attached hydrogens (tertiary/aromatic N) is 3. The van der Waals surface area contributed by atoms with Gasteiger partial charge in [-0.25, -0.2) is 18.4 Å². The number of rotatable bonds is 6. The maximum absolute atomic E-state index is 12.3. The zero-order valence-corrected chi connectivity index (χ0v) is 15.6. The highest BCUT2D eigenvalue weighted by Gasteiger charge is 2.33. The van der Waals surface area contributed by atoms with E-state index in [-0.39, 0.29) is 29.5 Å². The molecule has 1 N–H and O–H groups in total. The summed E-state index contributed by atoms with van der Waals surface area (Å²) in [7, 11) is -2.99. The summed E-state index contributed by atoms with van der Waals surface area (Å²) < 4.78 is 23.5. The van der Waals surface area contributed by atoms with Crippen molar-refractivity contribution < 1.29 is 13.2 Å². The summed E-state index contributed by atoms with van der Waals surface area (Å²) in [6.07, 6.45) is 1.41. The zero-order valence-electron chi connectivity index (χ0n) is 14.7. The predicted octanol–water partition coefficient (Wildman–Crippen LogP) is 1.33. The van der Waals surface area contributed by atoms with Crippen molar-refractivity contribution in [1.29, 1.82) is 0 Å². The van der Waals surface area contributed by atoms with E-state index in [4.69, 9.17) is 0 Å². The Labute approximate surface area is 143 Å². The summed E-state index contributed by atoms with van der Waals surface area (Å²) >= 11 is 0. The number of carbonyl (C=O) groups is 1. The molecule has 1 amide bonds. The van der Waals surface area contributed by atoms with E-state index < -0.39 is 9.84 Å². The quantitative estimate of drug-likeness (QED) is 0.828. The molecule has 1 aromatic heterocycles. The molecule has 2 heterocycles. The summed E-state index contributed by atoms with van der Waals surface area (Å²) in [5.74, 6) is 0.508. The lowest BCUT2D eigenvalue weighted by Crippen LogP contribution is -2.38. The van der Waals surface area contributed by atoms with Gasteiger partial charge in [-0.3, -0.25) is 4.79 Å². The van der Waals surface area contributed by atoms with Crippen LogP contribution in [0.5, 0.6) is 0 Å². The second-order valence-electron chi connectivity index (χ2n) is 6.32. The molecule has 24 heavy (non-hydrogen) atoms. The molecule has 2 unspecified atom stereocenters. The normalized spacial score (nSPS) is 20.6. The average molecular weight is 354 g/mol. The molecular weight excluding hydrogens is 328 g/mol. The van der Waals surface area contributed by atoms with Crippen molar-refractivity contribution in [2.24, 2.45) is 0 Å². The fourth-order valence-electron chi connectivity index (χ4n) is 2.78. The standard InChI is InChI=1S/C16H26N4O3S/c1-5-11(3)17-15(21)14-9-12(4)18-16(19-14)20(6-2)13-7-8-24(22,23)10-13/h9,11,13H,5-8,10H2,1-4H3,(H,17,21). The maximum Gasteiger partial charge on any atom is 0.270 e. The van der Waals surface area contributed by atoms with Crippen LogP contribution in [-0.2, 0) is 9.84 Å². The third-order valence-corrected chi connectivity index (χ3v) is 6.06. The Morgan fingerprint density at radius 2 is 2.12 bits per heavy atom. The second kappa shape index (κ2) is 7.46. The molecule has 0 spiro atoms. The summed E-state index contributed by atoms with van der Waals surface area (Å²) in [6.45, 7) is 8.28. The van der Waals surface area contributed by atoms with Crippen LogP contribution in [-0.4, -0.2) is 54.4 Å². The molecule has 134 valence electrons. The number of aromatic nitrogens is 2. The molecule has 0 radical (unpaired) electrons. The van der Waals surface area contributed by atoms with Gasteiger partial charge in [-0.1, -0.05) is 6.92 Å². The highest BCUT2D eigenvalue weighted by atomic mass is 32.2. The second-order valence-corrected chi connectivity index (χ2v) is 8.55. The van der Waals surface area contributed by atoms with E-state index in [9.17, 15) is 13.2 Å². The molecule has 1 aliphatic rings. The van der Waals surface area contributed by atoms with Gasteiger partial charge in [-0.2, -0.15) is 0 Å². The molecule has 1 aromatic rings. The van der Waals surface area contributed by atoms with E-state index in [1.807, 2.05) is 32.6 Å². The maximum atomic E-state index is 12.3. The predicted molar refractivity (Wildman–Crippen MR) is 94.1 cm³/mol. The topological polar surface area (TPSA) is 92.3 Å². The number of nitrogens with one attached hydrogen (secondary N) is 1. The third-order valence-electron chi connectivity index (χ3n) is 4.31. The van der Waals surface area contributed by atoms with Gasteiger partial charge in [0.25, 0.3) is 5.91 Å².